The lowest BCUT2D eigenvalue weighted by Gasteiger charge is -2.09. The normalized spacial score (nSPS) is 9.63. The zero-order valence-corrected chi connectivity index (χ0v) is 11.6. The van der Waals surface area contributed by atoms with Crippen LogP contribution >= 0.6 is 0 Å². The molecule has 0 radical (unpaired) electrons. The maximum Gasteiger partial charge on any atom is 0.244 e. The van der Waals surface area contributed by atoms with Gasteiger partial charge in [-0.3, -0.25) is 9.59 Å². The van der Waals surface area contributed by atoms with Crippen LogP contribution < -0.4 is 10.6 Å². The van der Waals surface area contributed by atoms with Gasteiger partial charge >= 0.3 is 0 Å². The van der Waals surface area contributed by atoms with Crippen molar-refractivity contribution in [3.63, 3.8) is 0 Å². The number of aryl methyl sites for hydroxylation is 1. The molecular weight excluding hydrogens is 240 g/mol. The van der Waals surface area contributed by atoms with E-state index in [4.69, 9.17) is 0 Å². The highest BCUT2D eigenvalue weighted by Gasteiger charge is 2.06. The van der Waals surface area contributed by atoms with Crippen LogP contribution in [0.25, 0.3) is 0 Å². The second-order valence-electron chi connectivity index (χ2n) is 4.50. The number of nitrogens with one attached hydrogen (secondary N) is 2. The van der Waals surface area contributed by atoms with E-state index in [1.54, 1.807) is 0 Å². The Morgan fingerprint density at radius 2 is 1.89 bits per heavy atom. The molecular formula is C15H20N2O2. The molecule has 0 atom stereocenters. The van der Waals surface area contributed by atoms with Gasteiger partial charge in [0.25, 0.3) is 0 Å². The minimum atomic E-state index is -0.251. The maximum absolute atomic E-state index is 11.7. The molecule has 2 N–H and O–H groups in total. The summed E-state index contributed by atoms with van der Waals surface area (Å²) in [4.78, 5) is 23.1. The smallest absolute Gasteiger partial charge is 0.244 e. The van der Waals surface area contributed by atoms with Crippen molar-refractivity contribution in [3.05, 3.63) is 41.5 Å². The summed E-state index contributed by atoms with van der Waals surface area (Å²) in [6.07, 6.45) is 2.31. The highest BCUT2D eigenvalue weighted by Crippen LogP contribution is 2.14. The molecule has 1 aromatic carbocycles. The number of benzene rings is 1. The van der Waals surface area contributed by atoms with Gasteiger partial charge in [0, 0.05) is 11.8 Å². The summed E-state index contributed by atoms with van der Waals surface area (Å²) in [6.45, 7) is 5.66. The number of para-hydroxylation sites is 1. The topological polar surface area (TPSA) is 58.2 Å². The van der Waals surface area contributed by atoms with Crippen LogP contribution in [0.15, 0.2) is 35.9 Å². The molecule has 0 saturated carbocycles. The highest BCUT2D eigenvalue weighted by molar-refractivity contribution is 5.97. The van der Waals surface area contributed by atoms with Crippen LogP contribution in [0.5, 0.6) is 0 Å². The molecule has 1 rings (SSSR count). The SMILES string of the molecule is CCc1ccccc1NC(=O)CNC(=O)C=C(C)C. The molecule has 0 heterocycles. The summed E-state index contributed by atoms with van der Waals surface area (Å²) in [5.41, 5.74) is 2.77. The Morgan fingerprint density at radius 1 is 1.21 bits per heavy atom. The van der Waals surface area contributed by atoms with Crippen molar-refractivity contribution in [2.24, 2.45) is 0 Å². The Kier molecular flexibility index (Phi) is 5.79. The van der Waals surface area contributed by atoms with Gasteiger partial charge in [0.05, 0.1) is 6.54 Å². The van der Waals surface area contributed by atoms with Crippen LogP contribution in [0.3, 0.4) is 0 Å². The monoisotopic (exact) mass is 260 g/mol. The summed E-state index contributed by atoms with van der Waals surface area (Å²) in [5, 5.41) is 5.34. The number of carbonyl (C=O) groups excluding carboxylic acids is 2. The van der Waals surface area contributed by atoms with Gasteiger partial charge < -0.3 is 10.6 Å². The van der Waals surface area contributed by atoms with E-state index in [2.05, 4.69) is 10.6 Å². The van der Waals surface area contributed by atoms with Gasteiger partial charge in [0.1, 0.15) is 0 Å². The number of carbonyl (C=O) groups is 2. The molecule has 102 valence electrons. The van der Waals surface area contributed by atoms with Crippen molar-refractivity contribution in [1.82, 2.24) is 5.32 Å². The molecule has 0 saturated heterocycles. The molecule has 19 heavy (non-hydrogen) atoms. The van der Waals surface area contributed by atoms with Crippen LogP contribution in [-0.2, 0) is 16.0 Å². The first-order chi connectivity index (χ1) is 9.02. The van der Waals surface area contributed by atoms with E-state index in [1.165, 1.54) is 6.08 Å². The molecule has 0 bridgehead atoms. The Balaban J connectivity index is 2.52. The van der Waals surface area contributed by atoms with E-state index in [9.17, 15) is 9.59 Å². The summed E-state index contributed by atoms with van der Waals surface area (Å²) in [7, 11) is 0. The maximum atomic E-state index is 11.7. The number of rotatable bonds is 5. The number of hydrogen-bond acceptors (Lipinski definition) is 2. The van der Waals surface area contributed by atoms with Crippen LogP contribution in [0.2, 0.25) is 0 Å². The number of hydrogen-bond donors (Lipinski definition) is 2. The molecule has 0 aliphatic heterocycles. The van der Waals surface area contributed by atoms with Crippen LogP contribution in [0, 0.1) is 0 Å². The number of anilines is 1. The number of amides is 2. The minimum absolute atomic E-state index is 0.0271. The third kappa shape index (κ3) is 5.38. The van der Waals surface area contributed by atoms with Gasteiger partial charge in [-0.2, -0.15) is 0 Å². The van der Waals surface area contributed by atoms with Gasteiger partial charge in [-0.15, -0.1) is 0 Å². The summed E-state index contributed by atoms with van der Waals surface area (Å²) < 4.78 is 0. The van der Waals surface area contributed by atoms with E-state index in [0.717, 1.165) is 23.2 Å². The first-order valence-corrected chi connectivity index (χ1v) is 6.33. The molecule has 0 aliphatic rings. The van der Waals surface area contributed by atoms with Crippen molar-refractivity contribution >= 4 is 17.5 Å². The fraction of sp³-hybridized carbons (Fsp3) is 0.333. The second kappa shape index (κ2) is 7.36. The Bertz CT molecular complexity index is 489. The minimum Gasteiger partial charge on any atom is -0.343 e. The lowest BCUT2D eigenvalue weighted by atomic mass is 10.1. The van der Waals surface area contributed by atoms with Gasteiger partial charge in [0.2, 0.25) is 11.8 Å². The van der Waals surface area contributed by atoms with E-state index < -0.39 is 0 Å². The molecule has 0 aliphatic carbocycles. The molecule has 2 amide bonds. The quantitative estimate of drug-likeness (QED) is 0.798. The predicted molar refractivity (Wildman–Crippen MR) is 76.9 cm³/mol. The fourth-order valence-corrected chi connectivity index (χ4v) is 1.63. The standard InChI is InChI=1S/C15H20N2O2/c1-4-12-7-5-6-8-13(12)17-15(19)10-16-14(18)9-11(2)3/h5-9H,4,10H2,1-3H3,(H,16,18)(H,17,19). The first kappa shape index (κ1) is 15.0. The van der Waals surface area contributed by atoms with Gasteiger partial charge in [-0.1, -0.05) is 30.7 Å². The summed E-state index contributed by atoms with van der Waals surface area (Å²) in [5.74, 6) is -0.477. The largest absolute Gasteiger partial charge is 0.343 e. The molecule has 4 heteroatoms. The van der Waals surface area contributed by atoms with Crippen molar-refractivity contribution in [2.45, 2.75) is 27.2 Å². The first-order valence-electron chi connectivity index (χ1n) is 6.33. The van der Waals surface area contributed by atoms with Gasteiger partial charge in [-0.05, 0) is 31.9 Å². The van der Waals surface area contributed by atoms with Gasteiger partial charge in [0.15, 0.2) is 0 Å². The van der Waals surface area contributed by atoms with Crippen LogP contribution in [-0.4, -0.2) is 18.4 Å². The highest BCUT2D eigenvalue weighted by atomic mass is 16.2. The zero-order valence-electron chi connectivity index (χ0n) is 11.6. The fourth-order valence-electron chi connectivity index (χ4n) is 1.63. The molecule has 4 nitrogen and oxygen atoms in total. The molecule has 0 aromatic heterocycles. The predicted octanol–water partition coefficient (Wildman–Crippen LogP) is 2.27. The van der Waals surface area contributed by atoms with E-state index in [0.29, 0.717) is 0 Å². The molecule has 0 spiro atoms. The third-order valence-electron chi connectivity index (χ3n) is 2.52. The van der Waals surface area contributed by atoms with Gasteiger partial charge in [-0.25, -0.2) is 0 Å². The van der Waals surface area contributed by atoms with E-state index >= 15 is 0 Å². The molecule has 0 unspecified atom stereocenters. The van der Waals surface area contributed by atoms with Crippen molar-refractivity contribution in [1.29, 1.82) is 0 Å². The molecule has 0 fully saturated rings. The lowest BCUT2D eigenvalue weighted by Crippen LogP contribution is -2.32. The lowest BCUT2D eigenvalue weighted by molar-refractivity contribution is -0.121. The molecule has 1 aromatic rings. The summed E-state index contributed by atoms with van der Waals surface area (Å²) in [6, 6.07) is 7.63. The van der Waals surface area contributed by atoms with Crippen LogP contribution in [0.1, 0.15) is 26.3 Å². The van der Waals surface area contributed by atoms with Crippen molar-refractivity contribution in [2.75, 3.05) is 11.9 Å². The Labute approximate surface area is 113 Å². The number of allylic oxidation sites excluding steroid dienone is 1. The van der Waals surface area contributed by atoms with Crippen molar-refractivity contribution in [3.8, 4) is 0 Å². The average Bonchev–Trinajstić information content (AvgIpc) is 2.36. The average molecular weight is 260 g/mol. The summed E-state index contributed by atoms with van der Waals surface area (Å²) >= 11 is 0. The Hall–Kier alpha value is -2.10. The third-order valence-corrected chi connectivity index (χ3v) is 2.52. The second-order valence-corrected chi connectivity index (χ2v) is 4.50. The van der Waals surface area contributed by atoms with Crippen LogP contribution in [0.4, 0.5) is 5.69 Å². The van der Waals surface area contributed by atoms with E-state index in [-0.39, 0.29) is 18.4 Å². The van der Waals surface area contributed by atoms with E-state index in [1.807, 2.05) is 45.0 Å². The zero-order chi connectivity index (χ0) is 14.3. The Morgan fingerprint density at radius 3 is 2.53 bits per heavy atom. The van der Waals surface area contributed by atoms with Crippen molar-refractivity contribution < 1.29 is 9.59 Å².